The Kier molecular flexibility index (Phi) is 4.67. The van der Waals surface area contributed by atoms with E-state index in [-0.39, 0.29) is 18.3 Å². The lowest BCUT2D eigenvalue weighted by Gasteiger charge is -2.21. The zero-order valence-corrected chi connectivity index (χ0v) is 12.5. The molecule has 1 aromatic carbocycles. The minimum Gasteiger partial charge on any atom is -0.460 e. The maximum absolute atomic E-state index is 12.0. The standard InChI is InChI=1S/C15H20N4O2/c1-15(2,3)21-13(20)10-12(14-16-18-19-17-14)9-11-7-5-4-6-8-11/h4-8,12H,9-10H2,1-3H3,(H,16,17,18,19). The quantitative estimate of drug-likeness (QED) is 0.853. The summed E-state index contributed by atoms with van der Waals surface area (Å²) < 4.78 is 5.38. The molecular weight excluding hydrogens is 268 g/mol. The number of carbonyl (C=O) groups is 1. The summed E-state index contributed by atoms with van der Waals surface area (Å²) in [6.45, 7) is 5.56. The predicted octanol–water partition coefficient (Wildman–Crippen LogP) is 2.26. The van der Waals surface area contributed by atoms with Gasteiger partial charge < -0.3 is 4.74 Å². The van der Waals surface area contributed by atoms with E-state index in [1.54, 1.807) is 0 Å². The number of benzene rings is 1. The van der Waals surface area contributed by atoms with Gasteiger partial charge in [0.15, 0.2) is 5.82 Å². The minimum absolute atomic E-state index is 0.152. The molecular formula is C15H20N4O2. The summed E-state index contributed by atoms with van der Waals surface area (Å²) in [5.41, 5.74) is 0.627. The van der Waals surface area contributed by atoms with Gasteiger partial charge in [-0.05, 0) is 32.8 Å². The van der Waals surface area contributed by atoms with Gasteiger partial charge in [-0.15, -0.1) is 10.2 Å². The van der Waals surface area contributed by atoms with Crippen molar-refractivity contribution in [3.63, 3.8) is 0 Å². The van der Waals surface area contributed by atoms with E-state index in [1.165, 1.54) is 0 Å². The molecule has 6 heteroatoms. The van der Waals surface area contributed by atoms with Crippen LogP contribution in [0.2, 0.25) is 0 Å². The van der Waals surface area contributed by atoms with Crippen LogP contribution in [0.25, 0.3) is 0 Å². The number of tetrazole rings is 1. The van der Waals surface area contributed by atoms with Crippen LogP contribution in [0.5, 0.6) is 0 Å². The monoisotopic (exact) mass is 288 g/mol. The molecule has 112 valence electrons. The number of hydrogen-bond acceptors (Lipinski definition) is 5. The summed E-state index contributed by atoms with van der Waals surface area (Å²) in [5, 5.41) is 14.0. The number of nitrogens with one attached hydrogen (secondary N) is 1. The third kappa shape index (κ3) is 4.98. The van der Waals surface area contributed by atoms with Gasteiger partial charge in [0.2, 0.25) is 0 Å². The van der Waals surface area contributed by atoms with Gasteiger partial charge in [0.05, 0.1) is 6.42 Å². The van der Waals surface area contributed by atoms with Gasteiger partial charge in [-0.25, -0.2) is 0 Å². The second kappa shape index (κ2) is 6.47. The number of esters is 1. The molecule has 1 atom stereocenters. The van der Waals surface area contributed by atoms with Crippen molar-refractivity contribution in [2.24, 2.45) is 0 Å². The summed E-state index contributed by atoms with van der Waals surface area (Å²) in [5.74, 6) is 0.124. The van der Waals surface area contributed by atoms with Gasteiger partial charge >= 0.3 is 5.97 Å². The number of nitrogens with zero attached hydrogens (tertiary/aromatic N) is 3. The average molecular weight is 288 g/mol. The second-order valence-corrected chi connectivity index (χ2v) is 5.95. The number of rotatable bonds is 5. The van der Waals surface area contributed by atoms with E-state index >= 15 is 0 Å². The van der Waals surface area contributed by atoms with E-state index < -0.39 is 5.60 Å². The maximum atomic E-state index is 12.0. The number of H-pyrrole nitrogens is 1. The van der Waals surface area contributed by atoms with Crippen LogP contribution in [-0.2, 0) is 16.0 Å². The van der Waals surface area contributed by atoms with Crippen LogP contribution in [0.1, 0.15) is 44.5 Å². The van der Waals surface area contributed by atoms with Gasteiger partial charge in [-0.1, -0.05) is 35.5 Å². The zero-order chi connectivity index (χ0) is 15.3. The predicted molar refractivity (Wildman–Crippen MR) is 77.5 cm³/mol. The second-order valence-electron chi connectivity index (χ2n) is 5.95. The van der Waals surface area contributed by atoms with Gasteiger partial charge in [-0.2, -0.15) is 5.21 Å². The summed E-state index contributed by atoms with van der Waals surface area (Å²) >= 11 is 0. The molecule has 0 saturated heterocycles. The normalized spacial score (nSPS) is 12.9. The Morgan fingerprint density at radius 2 is 2.00 bits per heavy atom. The first-order chi connectivity index (χ1) is 9.94. The Hall–Kier alpha value is -2.24. The van der Waals surface area contributed by atoms with Crippen LogP contribution in [-0.4, -0.2) is 32.2 Å². The summed E-state index contributed by atoms with van der Waals surface area (Å²) in [6, 6.07) is 9.93. The van der Waals surface area contributed by atoms with E-state index in [0.29, 0.717) is 12.2 Å². The molecule has 21 heavy (non-hydrogen) atoms. The van der Waals surface area contributed by atoms with Crippen molar-refractivity contribution in [2.45, 2.75) is 45.1 Å². The van der Waals surface area contributed by atoms with E-state index in [0.717, 1.165) is 5.56 Å². The fourth-order valence-corrected chi connectivity index (χ4v) is 2.08. The number of aromatic nitrogens is 4. The summed E-state index contributed by atoms with van der Waals surface area (Å²) in [7, 11) is 0. The Balaban J connectivity index is 2.08. The lowest BCUT2D eigenvalue weighted by molar-refractivity contribution is -0.155. The van der Waals surface area contributed by atoms with Crippen LogP contribution in [0, 0.1) is 0 Å². The molecule has 0 radical (unpaired) electrons. The molecule has 2 rings (SSSR count). The number of ether oxygens (including phenoxy) is 1. The number of aromatic amines is 1. The molecule has 0 bridgehead atoms. The van der Waals surface area contributed by atoms with Crippen LogP contribution < -0.4 is 0 Å². The molecule has 0 spiro atoms. The highest BCUT2D eigenvalue weighted by Gasteiger charge is 2.24. The molecule has 0 aliphatic heterocycles. The molecule has 0 amide bonds. The van der Waals surface area contributed by atoms with Crippen LogP contribution >= 0.6 is 0 Å². The molecule has 0 saturated carbocycles. The van der Waals surface area contributed by atoms with Crippen molar-refractivity contribution in [1.82, 2.24) is 20.6 Å². The highest BCUT2D eigenvalue weighted by atomic mass is 16.6. The highest BCUT2D eigenvalue weighted by Crippen LogP contribution is 2.22. The number of hydrogen-bond donors (Lipinski definition) is 1. The topological polar surface area (TPSA) is 80.8 Å². The molecule has 2 aromatic rings. The maximum Gasteiger partial charge on any atom is 0.307 e. The number of carbonyl (C=O) groups excluding carboxylic acids is 1. The molecule has 0 fully saturated rings. The lowest BCUT2D eigenvalue weighted by atomic mass is 9.95. The third-order valence-corrected chi connectivity index (χ3v) is 2.88. The molecule has 1 aromatic heterocycles. The van der Waals surface area contributed by atoms with E-state index in [4.69, 9.17) is 4.74 Å². The Labute approximate surface area is 123 Å². The summed E-state index contributed by atoms with van der Waals surface area (Å²) in [4.78, 5) is 12.0. The molecule has 1 heterocycles. The fraction of sp³-hybridized carbons (Fsp3) is 0.467. The van der Waals surface area contributed by atoms with Gasteiger partial charge in [0.1, 0.15) is 5.60 Å². The van der Waals surface area contributed by atoms with Crippen LogP contribution in [0.15, 0.2) is 30.3 Å². The highest BCUT2D eigenvalue weighted by molar-refractivity contribution is 5.70. The Bertz CT molecular complexity index is 561. The Morgan fingerprint density at radius 3 is 2.57 bits per heavy atom. The van der Waals surface area contributed by atoms with Crippen molar-refractivity contribution >= 4 is 5.97 Å². The lowest BCUT2D eigenvalue weighted by Crippen LogP contribution is -2.25. The SMILES string of the molecule is CC(C)(C)OC(=O)CC(Cc1ccccc1)c1nn[nH]n1. The van der Waals surface area contributed by atoms with E-state index in [9.17, 15) is 4.79 Å². The van der Waals surface area contributed by atoms with Crippen LogP contribution in [0.4, 0.5) is 0 Å². The summed E-state index contributed by atoms with van der Waals surface area (Å²) in [6.07, 6.45) is 0.894. The van der Waals surface area contributed by atoms with Crippen molar-refractivity contribution in [3.8, 4) is 0 Å². The van der Waals surface area contributed by atoms with E-state index in [1.807, 2.05) is 51.1 Å². The molecule has 0 aliphatic rings. The smallest absolute Gasteiger partial charge is 0.307 e. The van der Waals surface area contributed by atoms with Gasteiger partial charge in [-0.3, -0.25) is 4.79 Å². The van der Waals surface area contributed by atoms with E-state index in [2.05, 4.69) is 20.6 Å². The first-order valence-corrected chi connectivity index (χ1v) is 6.93. The first kappa shape index (κ1) is 15.2. The van der Waals surface area contributed by atoms with Crippen molar-refractivity contribution in [1.29, 1.82) is 0 Å². The van der Waals surface area contributed by atoms with Crippen molar-refractivity contribution in [3.05, 3.63) is 41.7 Å². The zero-order valence-electron chi connectivity index (χ0n) is 12.5. The average Bonchev–Trinajstić information content (AvgIpc) is 2.90. The molecule has 1 N–H and O–H groups in total. The van der Waals surface area contributed by atoms with Crippen LogP contribution in [0.3, 0.4) is 0 Å². The largest absolute Gasteiger partial charge is 0.460 e. The molecule has 1 unspecified atom stereocenters. The fourth-order valence-electron chi connectivity index (χ4n) is 2.08. The van der Waals surface area contributed by atoms with Crippen molar-refractivity contribution < 1.29 is 9.53 Å². The van der Waals surface area contributed by atoms with Gasteiger partial charge in [0, 0.05) is 5.92 Å². The first-order valence-electron chi connectivity index (χ1n) is 6.93. The molecule has 6 nitrogen and oxygen atoms in total. The Morgan fingerprint density at radius 1 is 1.29 bits per heavy atom. The van der Waals surface area contributed by atoms with Crippen molar-refractivity contribution in [2.75, 3.05) is 0 Å². The molecule has 0 aliphatic carbocycles. The minimum atomic E-state index is -0.494. The van der Waals surface area contributed by atoms with Gasteiger partial charge in [0.25, 0.3) is 0 Å². The third-order valence-electron chi connectivity index (χ3n) is 2.88.